The van der Waals surface area contributed by atoms with E-state index >= 15 is 0 Å². The van der Waals surface area contributed by atoms with Crippen LogP contribution in [0.4, 0.5) is 27.6 Å². The van der Waals surface area contributed by atoms with E-state index in [-0.39, 0.29) is 13.1 Å². The van der Waals surface area contributed by atoms with Gasteiger partial charge in [-0.2, -0.15) is 0 Å². The first-order valence-electron chi connectivity index (χ1n) is 5.73. The quantitative estimate of drug-likeness (QED) is 0.486. The molecule has 1 aliphatic rings. The number of benzene rings is 1. The van der Waals surface area contributed by atoms with Crippen molar-refractivity contribution >= 4 is 5.69 Å². The average molecular weight is 281 g/mol. The second kappa shape index (κ2) is 4.63. The molecule has 0 aromatic heterocycles. The van der Waals surface area contributed by atoms with E-state index in [1.165, 1.54) is 6.92 Å². The van der Waals surface area contributed by atoms with E-state index in [9.17, 15) is 27.1 Å². The highest BCUT2D eigenvalue weighted by Gasteiger charge is 2.34. The van der Waals surface area contributed by atoms with Crippen LogP contribution in [0.1, 0.15) is 19.8 Å². The fourth-order valence-electron chi connectivity index (χ4n) is 2.28. The molecule has 1 fully saturated rings. The number of hydrogen-bond acceptors (Lipinski definition) is 2. The lowest BCUT2D eigenvalue weighted by molar-refractivity contribution is 0.0444. The van der Waals surface area contributed by atoms with Crippen LogP contribution >= 0.6 is 0 Å². The summed E-state index contributed by atoms with van der Waals surface area (Å²) in [6.07, 6.45) is 0.797. The van der Waals surface area contributed by atoms with Gasteiger partial charge in [0.05, 0.1) is 5.60 Å². The molecule has 1 aromatic rings. The number of rotatable bonds is 1. The zero-order valence-corrected chi connectivity index (χ0v) is 10.1. The Morgan fingerprint density at radius 2 is 1.42 bits per heavy atom. The van der Waals surface area contributed by atoms with Gasteiger partial charge in [-0.3, -0.25) is 0 Å². The summed E-state index contributed by atoms with van der Waals surface area (Å²) in [6.45, 7) is 1.38. The first-order valence-corrected chi connectivity index (χ1v) is 5.73. The normalized spacial score (nSPS) is 23.8. The van der Waals surface area contributed by atoms with Gasteiger partial charge in [-0.1, -0.05) is 0 Å². The van der Waals surface area contributed by atoms with Crippen molar-refractivity contribution in [2.24, 2.45) is 0 Å². The third-order valence-electron chi connectivity index (χ3n) is 3.18. The number of aliphatic hydroxyl groups is 1. The Morgan fingerprint density at radius 1 is 0.947 bits per heavy atom. The van der Waals surface area contributed by atoms with E-state index in [0.717, 1.165) is 4.90 Å². The number of anilines is 1. The Labute approximate surface area is 106 Å². The van der Waals surface area contributed by atoms with Crippen molar-refractivity contribution in [1.82, 2.24) is 0 Å². The largest absolute Gasteiger partial charge is 0.388 e. The molecule has 0 saturated carbocycles. The van der Waals surface area contributed by atoms with Crippen molar-refractivity contribution in [3.05, 3.63) is 29.1 Å². The second-order valence-electron chi connectivity index (χ2n) is 4.94. The second-order valence-corrected chi connectivity index (χ2v) is 4.94. The van der Waals surface area contributed by atoms with Crippen molar-refractivity contribution in [2.75, 3.05) is 18.0 Å². The summed E-state index contributed by atoms with van der Waals surface area (Å²) in [5, 5.41) is 9.83. The van der Waals surface area contributed by atoms with Crippen molar-refractivity contribution in [1.29, 1.82) is 0 Å². The predicted molar refractivity (Wildman–Crippen MR) is 58.3 cm³/mol. The van der Waals surface area contributed by atoms with Gasteiger partial charge in [0.15, 0.2) is 23.3 Å². The predicted octanol–water partition coefficient (Wildman–Crippen LogP) is 2.73. The molecule has 0 spiro atoms. The van der Waals surface area contributed by atoms with Gasteiger partial charge in [0, 0.05) is 13.1 Å². The highest BCUT2D eigenvalue weighted by atomic mass is 19.2. The van der Waals surface area contributed by atoms with Crippen LogP contribution in [0.5, 0.6) is 0 Å². The van der Waals surface area contributed by atoms with Gasteiger partial charge >= 0.3 is 0 Å². The maximum absolute atomic E-state index is 13.6. The first kappa shape index (κ1) is 14.0. The number of β-amino-alcohol motifs (C(OH)–C–C–N with tert-alkyl or cyclic N) is 1. The summed E-state index contributed by atoms with van der Waals surface area (Å²) in [4.78, 5) is 0.986. The van der Waals surface area contributed by atoms with Crippen molar-refractivity contribution < 1.29 is 27.1 Å². The number of halogens is 5. The van der Waals surface area contributed by atoms with Gasteiger partial charge in [0.1, 0.15) is 5.69 Å². The molecule has 19 heavy (non-hydrogen) atoms. The summed E-state index contributed by atoms with van der Waals surface area (Å²) in [5.41, 5.74) is -2.20. The summed E-state index contributed by atoms with van der Waals surface area (Å²) >= 11 is 0. The summed E-state index contributed by atoms with van der Waals surface area (Å²) in [6, 6.07) is 0. The maximum Gasteiger partial charge on any atom is 0.200 e. The molecule has 0 bridgehead atoms. The van der Waals surface area contributed by atoms with Crippen molar-refractivity contribution in [2.45, 2.75) is 25.4 Å². The molecule has 1 heterocycles. The van der Waals surface area contributed by atoms with E-state index in [1.807, 2.05) is 0 Å². The molecule has 7 heteroatoms. The molecule has 0 aliphatic carbocycles. The monoisotopic (exact) mass is 281 g/mol. The molecular formula is C12H12F5NO. The average Bonchev–Trinajstić information content (AvgIpc) is 2.33. The molecular weight excluding hydrogens is 269 g/mol. The van der Waals surface area contributed by atoms with E-state index in [2.05, 4.69) is 0 Å². The fraction of sp³-hybridized carbons (Fsp3) is 0.500. The highest BCUT2D eigenvalue weighted by Crippen LogP contribution is 2.33. The van der Waals surface area contributed by atoms with E-state index in [0.29, 0.717) is 12.8 Å². The molecule has 2 rings (SSSR count). The lowest BCUT2D eigenvalue weighted by Crippen LogP contribution is -2.47. The third-order valence-corrected chi connectivity index (χ3v) is 3.18. The van der Waals surface area contributed by atoms with Crippen LogP contribution < -0.4 is 4.90 Å². The Kier molecular flexibility index (Phi) is 3.42. The van der Waals surface area contributed by atoms with Gasteiger partial charge < -0.3 is 10.0 Å². The van der Waals surface area contributed by atoms with Gasteiger partial charge in [-0.05, 0) is 19.8 Å². The minimum Gasteiger partial charge on any atom is -0.388 e. The molecule has 1 unspecified atom stereocenters. The maximum atomic E-state index is 13.6. The lowest BCUT2D eigenvalue weighted by atomic mass is 9.94. The standard InChI is InChI=1S/C12H12F5NO/c1-12(19)3-2-4-18(5-12)11-9(16)7(14)6(13)8(15)10(11)17/h19H,2-5H2,1H3. The molecule has 106 valence electrons. The zero-order chi connectivity index (χ0) is 14.4. The molecule has 0 amide bonds. The Morgan fingerprint density at radius 3 is 1.89 bits per heavy atom. The van der Waals surface area contributed by atoms with Crippen LogP contribution in [-0.2, 0) is 0 Å². The molecule has 1 aliphatic heterocycles. The topological polar surface area (TPSA) is 23.5 Å². The summed E-state index contributed by atoms with van der Waals surface area (Å²) < 4.78 is 66.3. The van der Waals surface area contributed by atoms with E-state index in [1.54, 1.807) is 0 Å². The van der Waals surface area contributed by atoms with E-state index < -0.39 is 40.4 Å². The third kappa shape index (κ3) is 2.39. The van der Waals surface area contributed by atoms with Crippen molar-refractivity contribution in [3.8, 4) is 0 Å². The SMILES string of the molecule is CC1(O)CCCN(c2c(F)c(F)c(F)c(F)c2F)C1. The van der Waals surface area contributed by atoms with Gasteiger partial charge in [0.2, 0.25) is 5.82 Å². The van der Waals surface area contributed by atoms with Crippen molar-refractivity contribution in [3.63, 3.8) is 0 Å². The molecule has 1 saturated heterocycles. The van der Waals surface area contributed by atoms with Gasteiger partial charge in [0.25, 0.3) is 0 Å². The molecule has 1 atom stereocenters. The summed E-state index contributed by atoms with van der Waals surface area (Å²) in [7, 11) is 0. The minimum absolute atomic E-state index is 0.120. The van der Waals surface area contributed by atoms with Crippen LogP contribution in [0.15, 0.2) is 0 Å². The fourth-order valence-corrected chi connectivity index (χ4v) is 2.28. The van der Waals surface area contributed by atoms with Crippen LogP contribution in [0, 0.1) is 29.1 Å². The molecule has 2 nitrogen and oxygen atoms in total. The number of hydrogen-bond donors (Lipinski definition) is 1. The zero-order valence-electron chi connectivity index (χ0n) is 10.1. The molecule has 1 aromatic carbocycles. The van der Waals surface area contributed by atoms with Crippen LogP contribution in [-0.4, -0.2) is 23.8 Å². The number of nitrogens with zero attached hydrogens (tertiary/aromatic N) is 1. The molecule has 1 N–H and O–H groups in total. The van der Waals surface area contributed by atoms with Crippen LogP contribution in [0.3, 0.4) is 0 Å². The smallest absolute Gasteiger partial charge is 0.200 e. The van der Waals surface area contributed by atoms with Crippen LogP contribution in [0.2, 0.25) is 0 Å². The lowest BCUT2D eigenvalue weighted by Gasteiger charge is -2.38. The summed E-state index contributed by atoms with van der Waals surface area (Å²) in [5.74, 6) is -9.86. The minimum atomic E-state index is -2.18. The Bertz CT molecular complexity index is 488. The Balaban J connectivity index is 2.51. The first-order chi connectivity index (χ1) is 8.74. The van der Waals surface area contributed by atoms with E-state index in [4.69, 9.17) is 0 Å². The van der Waals surface area contributed by atoms with Crippen LogP contribution in [0.25, 0.3) is 0 Å². The Hall–Kier alpha value is -1.37. The highest BCUT2D eigenvalue weighted by molar-refractivity contribution is 5.51. The van der Waals surface area contributed by atoms with Gasteiger partial charge in [-0.15, -0.1) is 0 Å². The number of piperidine rings is 1. The van der Waals surface area contributed by atoms with Gasteiger partial charge in [-0.25, -0.2) is 22.0 Å². The molecule has 0 radical (unpaired) electrons.